The topological polar surface area (TPSA) is 41.1 Å². The van der Waals surface area contributed by atoms with Crippen LogP contribution >= 0.6 is 0 Å². The average molecular weight is 356 g/mol. The number of carbonyl (C=O) groups excluding carboxylic acids is 1. The van der Waals surface area contributed by atoms with Gasteiger partial charge >= 0.3 is 0 Å². The molecule has 4 heteroatoms. The molecular weight excluding hydrogens is 327 g/mol. The van der Waals surface area contributed by atoms with Gasteiger partial charge in [-0.2, -0.15) is 0 Å². The number of halogens is 1. The van der Waals surface area contributed by atoms with Crippen molar-refractivity contribution in [2.75, 3.05) is 5.32 Å². The highest BCUT2D eigenvalue weighted by molar-refractivity contribution is 5.86. The lowest BCUT2D eigenvalue weighted by molar-refractivity contribution is -0.122. The van der Waals surface area contributed by atoms with Gasteiger partial charge in [-0.15, -0.1) is 0 Å². The zero-order chi connectivity index (χ0) is 19.1. The van der Waals surface area contributed by atoms with Gasteiger partial charge in [-0.05, 0) is 54.7 Å². The van der Waals surface area contributed by atoms with E-state index in [-0.39, 0.29) is 17.8 Å². The molecule has 2 aromatic rings. The minimum atomic E-state index is -0.570. The van der Waals surface area contributed by atoms with Crippen LogP contribution in [0.15, 0.2) is 48.5 Å². The molecule has 3 nitrogen and oxygen atoms in total. The molecule has 0 saturated heterocycles. The van der Waals surface area contributed by atoms with Gasteiger partial charge in [0.05, 0.1) is 0 Å². The van der Waals surface area contributed by atoms with E-state index in [0.29, 0.717) is 5.92 Å². The summed E-state index contributed by atoms with van der Waals surface area (Å²) in [4.78, 5) is 12.8. The van der Waals surface area contributed by atoms with Gasteiger partial charge in [0.1, 0.15) is 11.9 Å². The second-order valence-corrected chi connectivity index (χ2v) is 7.10. The van der Waals surface area contributed by atoms with E-state index in [1.165, 1.54) is 17.7 Å². The van der Waals surface area contributed by atoms with Gasteiger partial charge in [-0.3, -0.25) is 4.79 Å². The number of anilines is 1. The van der Waals surface area contributed by atoms with Crippen molar-refractivity contribution < 1.29 is 9.18 Å². The number of carbonyl (C=O) groups is 1. The Morgan fingerprint density at radius 3 is 2.08 bits per heavy atom. The monoisotopic (exact) mass is 356 g/mol. The lowest BCUT2D eigenvalue weighted by Gasteiger charge is -2.23. The Hall–Kier alpha value is -2.36. The third kappa shape index (κ3) is 5.58. The van der Waals surface area contributed by atoms with Crippen LogP contribution in [0.2, 0.25) is 0 Å². The Morgan fingerprint density at radius 2 is 1.54 bits per heavy atom. The van der Waals surface area contributed by atoms with Crippen molar-refractivity contribution in [3.8, 4) is 0 Å². The molecule has 0 radical (unpaired) electrons. The Labute approximate surface area is 156 Å². The standard InChI is InChI=1S/C22H29FN2O/c1-5-6-16(4)24-22(26)21(18-7-11-19(23)12-8-18)25-20-13-9-17(10-14-20)15(2)3/h7-16,21,25H,5-6H2,1-4H3,(H,24,26). The van der Waals surface area contributed by atoms with Crippen LogP contribution in [0.3, 0.4) is 0 Å². The van der Waals surface area contributed by atoms with Crippen LogP contribution in [-0.2, 0) is 4.79 Å². The molecular formula is C22H29FN2O. The largest absolute Gasteiger partial charge is 0.370 e. The summed E-state index contributed by atoms with van der Waals surface area (Å²) in [5.41, 5.74) is 2.84. The van der Waals surface area contributed by atoms with Crippen LogP contribution in [0, 0.1) is 5.82 Å². The zero-order valence-electron chi connectivity index (χ0n) is 16.1. The molecule has 0 aliphatic heterocycles. The molecule has 1 amide bonds. The van der Waals surface area contributed by atoms with Crippen LogP contribution in [0.1, 0.15) is 63.6 Å². The second-order valence-electron chi connectivity index (χ2n) is 7.10. The first kappa shape index (κ1) is 20.0. The highest BCUT2D eigenvalue weighted by Gasteiger charge is 2.22. The minimum absolute atomic E-state index is 0.0977. The molecule has 0 spiro atoms. The molecule has 2 atom stereocenters. The summed E-state index contributed by atoms with van der Waals surface area (Å²) in [6, 6.07) is 13.7. The van der Waals surface area contributed by atoms with E-state index < -0.39 is 6.04 Å². The second kappa shape index (κ2) is 9.37. The summed E-state index contributed by atoms with van der Waals surface area (Å²) in [5, 5.41) is 6.34. The van der Waals surface area contributed by atoms with Crippen LogP contribution < -0.4 is 10.6 Å². The van der Waals surface area contributed by atoms with E-state index in [4.69, 9.17) is 0 Å². The number of benzene rings is 2. The molecule has 140 valence electrons. The van der Waals surface area contributed by atoms with E-state index in [1.807, 2.05) is 19.1 Å². The minimum Gasteiger partial charge on any atom is -0.370 e. The van der Waals surface area contributed by atoms with Crippen LogP contribution in [0.4, 0.5) is 10.1 Å². The Balaban J connectivity index is 2.22. The molecule has 2 rings (SSSR count). The smallest absolute Gasteiger partial charge is 0.247 e. The first-order valence-corrected chi connectivity index (χ1v) is 9.33. The fourth-order valence-corrected chi connectivity index (χ4v) is 2.92. The quantitative estimate of drug-likeness (QED) is 0.664. The normalized spacial score (nSPS) is 13.3. The van der Waals surface area contributed by atoms with Crippen molar-refractivity contribution in [2.24, 2.45) is 0 Å². The van der Waals surface area contributed by atoms with Crippen molar-refractivity contribution in [2.45, 2.75) is 58.5 Å². The van der Waals surface area contributed by atoms with Crippen molar-refractivity contribution in [3.63, 3.8) is 0 Å². The first-order chi connectivity index (χ1) is 12.4. The van der Waals surface area contributed by atoms with E-state index in [9.17, 15) is 9.18 Å². The Kier molecular flexibility index (Phi) is 7.19. The highest BCUT2D eigenvalue weighted by Crippen LogP contribution is 2.23. The predicted molar refractivity (Wildman–Crippen MR) is 106 cm³/mol. The fourth-order valence-electron chi connectivity index (χ4n) is 2.92. The van der Waals surface area contributed by atoms with Gasteiger partial charge in [0.2, 0.25) is 5.91 Å². The summed E-state index contributed by atoms with van der Waals surface area (Å²) < 4.78 is 13.3. The maximum atomic E-state index is 13.3. The van der Waals surface area contributed by atoms with Gasteiger partial charge in [0.15, 0.2) is 0 Å². The lowest BCUT2D eigenvalue weighted by Crippen LogP contribution is -2.38. The number of rotatable bonds is 8. The average Bonchev–Trinajstić information content (AvgIpc) is 2.61. The molecule has 26 heavy (non-hydrogen) atoms. The Morgan fingerprint density at radius 1 is 0.962 bits per heavy atom. The van der Waals surface area contributed by atoms with Crippen LogP contribution in [0.5, 0.6) is 0 Å². The molecule has 0 saturated carbocycles. The third-order valence-electron chi connectivity index (χ3n) is 4.46. The molecule has 0 aliphatic rings. The molecule has 0 heterocycles. The number of hydrogen-bond donors (Lipinski definition) is 2. The van der Waals surface area contributed by atoms with Gasteiger partial charge in [0, 0.05) is 11.7 Å². The van der Waals surface area contributed by atoms with E-state index in [1.54, 1.807) is 12.1 Å². The highest BCUT2D eigenvalue weighted by atomic mass is 19.1. The van der Waals surface area contributed by atoms with Crippen LogP contribution in [-0.4, -0.2) is 11.9 Å². The Bertz CT molecular complexity index is 695. The van der Waals surface area contributed by atoms with Gasteiger partial charge in [-0.25, -0.2) is 4.39 Å². The van der Waals surface area contributed by atoms with Gasteiger partial charge in [-0.1, -0.05) is 51.5 Å². The van der Waals surface area contributed by atoms with Crippen molar-refractivity contribution in [1.29, 1.82) is 0 Å². The predicted octanol–water partition coefficient (Wildman–Crippen LogP) is 5.41. The summed E-state index contributed by atoms with van der Waals surface area (Å²) in [6.45, 7) is 8.38. The SMILES string of the molecule is CCCC(C)NC(=O)C(Nc1ccc(C(C)C)cc1)c1ccc(F)cc1. The number of nitrogens with one attached hydrogen (secondary N) is 2. The number of amides is 1. The molecule has 0 fully saturated rings. The molecule has 2 unspecified atom stereocenters. The zero-order valence-corrected chi connectivity index (χ0v) is 16.1. The molecule has 2 aromatic carbocycles. The fraction of sp³-hybridized carbons (Fsp3) is 0.409. The van der Waals surface area contributed by atoms with E-state index in [2.05, 4.69) is 43.5 Å². The molecule has 0 bridgehead atoms. The maximum Gasteiger partial charge on any atom is 0.247 e. The van der Waals surface area contributed by atoms with Crippen molar-refractivity contribution >= 4 is 11.6 Å². The van der Waals surface area contributed by atoms with Crippen molar-refractivity contribution in [1.82, 2.24) is 5.32 Å². The molecule has 2 N–H and O–H groups in total. The summed E-state index contributed by atoms with van der Waals surface area (Å²) in [5.74, 6) is 0.0363. The summed E-state index contributed by atoms with van der Waals surface area (Å²) >= 11 is 0. The first-order valence-electron chi connectivity index (χ1n) is 9.33. The maximum absolute atomic E-state index is 13.3. The van der Waals surface area contributed by atoms with Gasteiger partial charge in [0.25, 0.3) is 0 Å². The molecule has 0 aliphatic carbocycles. The van der Waals surface area contributed by atoms with E-state index >= 15 is 0 Å². The van der Waals surface area contributed by atoms with Crippen molar-refractivity contribution in [3.05, 3.63) is 65.5 Å². The van der Waals surface area contributed by atoms with Crippen LogP contribution in [0.25, 0.3) is 0 Å². The lowest BCUT2D eigenvalue weighted by atomic mass is 10.0. The summed E-state index contributed by atoms with van der Waals surface area (Å²) in [6.07, 6.45) is 1.93. The summed E-state index contributed by atoms with van der Waals surface area (Å²) in [7, 11) is 0. The molecule has 0 aromatic heterocycles. The van der Waals surface area contributed by atoms with Gasteiger partial charge < -0.3 is 10.6 Å². The van der Waals surface area contributed by atoms with E-state index in [0.717, 1.165) is 24.1 Å². The number of hydrogen-bond acceptors (Lipinski definition) is 2. The third-order valence-corrected chi connectivity index (χ3v) is 4.46.